The third-order valence-corrected chi connectivity index (χ3v) is 5.13. The van der Waals surface area contributed by atoms with Gasteiger partial charge in [-0.05, 0) is 18.8 Å². The summed E-state index contributed by atoms with van der Waals surface area (Å²) < 4.78 is 0. The minimum absolute atomic E-state index is 0.113. The molecule has 2 amide bonds. The van der Waals surface area contributed by atoms with Crippen molar-refractivity contribution in [3.8, 4) is 0 Å². The van der Waals surface area contributed by atoms with Crippen molar-refractivity contribution in [2.24, 2.45) is 17.6 Å². The van der Waals surface area contributed by atoms with Gasteiger partial charge in [-0.3, -0.25) is 14.5 Å². The smallest absolute Gasteiger partial charge is 0.234 e. The van der Waals surface area contributed by atoms with Crippen LogP contribution in [0.3, 0.4) is 0 Å². The number of hydrogen-bond acceptors (Lipinski definition) is 4. The third-order valence-electron chi connectivity index (χ3n) is 5.13. The molecule has 0 bridgehead atoms. The minimum Gasteiger partial charge on any atom is -0.352 e. The molecule has 1 saturated heterocycles. The summed E-state index contributed by atoms with van der Waals surface area (Å²) in [6.07, 6.45) is 4.70. The van der Waals surface area contributed by atoms with Crippen LogP contribution in [-0.4, -0.2) is 66.9 Å². The van der Waals surface area contributed by atoms with Crippen molar-refractivity contribution >= 4 is 11.8 Å². The maximum atomic E-state index is 12.2. The first kappa shape index (κ1) is 18.2. The van der Waals surface area contributed by atoms with Crippen molar-refractivity contribution in [1.29, 1.82) is 0 Å². The molecule has 0 aromatic carbocycles. The van der Waals surface area contributed by atoms with Crippen LogP contribution in [0.15, 0.2) is 0 Å². The van der Waals surface area contributed by atoms with Crippen LogP contribution in [0.25, 0.3) is 0 Å². The monoisotopic (exact) mass is 324 g/mol. The lowest BCUT2D eigenvalue weighted by molar-refractivity contribution is -0.136. The molecule has 0 radical (unpaired) electrons. The van der Waals surface area contributed by atoms with Crippen LogP contribution in [0.1, 0.15) is 39.5 Å². The molecule has 1 aliphatic heterocycles. The number of amides is 2. The molecule has 1 saturated carbocycles. The Morgan fingerprint density at radius 2 is 1.91 bits per heavy atom. The summed E-state index contributed by atoms with van der Waals surface area (Å²) in [5, 5.41) is 3.18. The van der Waals surface area contributed by atoms with E-state index in [-0.39, 0.29) is 17.7 Å². The van der Waals surface area contributed by atoms with Crippen LogP contribution >= 0.6 is 0 Å². The molecule has 1 heterocycles. The van der Waals surface area contributed by atoms with Gasteiger partial charge in [0.15, 0.2) is 0 Å². The van der Waals surface area contributed by atoms with Crippen molar-refractivity contribution in [3.05, 3.63) is 0 Å². The second-order valence-corrected chi connectivity index (χ2v) is 7.27. The van der Waals surface area contributed by atoms with E-state index in [9.17, 15) is 9.59 Å². The van der Waals surface area contributed by atoms with Gasteiger partial charge in [-0.25, -0.2) is 0 Å². The lowest BCUT2D eigenvalue weighted by Gasteiger charge is -2.36. The van der Waals surface area contributed by atoms with Gasteiger partial charge in [0.2, 0.25) is 11.8 Å². The zero-order valence-corrected chi connectivity index (χ0v) is 14.6. The van der Waals surface area contributed by atoms with Gasteiger partial charge < -0.3 is 16.0 Å². The van der Waals surface area contributed by atoms with Gasteiger partial charge in [0.05, 0.1) is 6.54 Å². The Labute approximate surface area is 139 Å². The highest BCUT2D eigenvalue weighted by atomic mass is 16.2. The lowest BCUT2D eigenvalue weighted by atomic mass is 9.87. The Morgan fingerprint density at radius 3 is 2.52 bits per heavy atom. The Balaban J connectivity index is 1.69. The van der Waals surface area contributed by atoms with Crippen molar-refractivity contribution in [2.45, 2.75) is 45.6 Å². The van der Waals surface area contributed by atoms with E-state index in [0.717, 1.165) is 25.9 Å². The summed E-state index contributed by atoms with van der Waals surface area (Å²) in [5.41, 5.74) is 5.56. The second-order valence-electron chi connectivity index (χ2n) is 7.27. The highest BCUT2D eigenvalue weighted by molar-refractivity contribution is 5.79. The third kappa shape index (κ3) is 5.46. The zero-order chi connectivity index (χ0) is 16.8. The van der Waals surface area contributed by atoms with Gasteiger partial charge in [-0.2, -0.15) is 0 Å². The fourth-order valence-electron chi connectivity index (χ4n) is 3.58. The molecule has 6 nitrogen and oxygen atoms in total. The summed E-state index contributed by atoms with van der Waals surface area (Å²) in [6.45, 7) is 7.87. The summed E-state index contributed by atoms with van der Waals surface area (Å²) in [4.78, 5) is 28.3. The topological polar surface area (TPSA) is 78.7 Å². The standard InChI is InChI=1S/C17H32N4O2/c1-13-4-3-5-15(10-13)19-16(22)12-20-6-8-21(9-7-20)17(23)14(2)11-18/h13-15H,3-12,18H2,1-2H3,(H,19,22). The van der Waals surface area contributed by atoms with Gasteiger partial charge in [0, 0.05) is 44.7 Å². The fourth-order valence-corrected chi connectivity index (χ4v) is 3.58. The van der Waals surface area contributed by atoms with Gasteiger partial charge in [-0.15, -0.1) is 0 Å². The molecule has 0 spiro atoms. The first-order valence-electron chi connectivity index (χ1n) is 9.00. The average Bonchev–Trinajstić information content (AvgIpc) is 2.54. The summed E-state index contributed by atoms with van der Waals surface area (Å²) in [5.74, 6) is 0.860. The van der Waals surface area contributed by atoms with Crippen molar-refractivity contribution in [3.63, 3.8) is 0 Å². The number of rotatable bonds is 5. The minimum atomic E-state index is -0.113. The molecule has 23 heavy (non-hydrogen) atoms. The van der Waals surface area contributed by atoms with Gasteiger partial charge >= 0.3 is 0 Å². The molecule has 132 valence electrons. The van der Waals surface area contributed by atoms with Gasteiger partial charge in [-0.1, -0.05) is 26.7 Å². The average molecular weight is 324 g/mol. The summed E-state index contributed by atoms with van der Waals surface area (Å²) >= 11 is 0. The molecule has 2 fully saturated rings. The molecule has 2 aliphatic rings. The van der Waals surface area contributed by atoms with E-state index in [4.69, 9.17) is 5.73 Å². The predicted molar refractivity (Wildman–Crippen MR) is 90.8 cm³/mol. The first-order valence-corrected chi connectivity index (χ1v) is 9.00. The SMILES string of the molecule is CC1CCCC(NC(=O)CN2CCN(C(=O)C(C)CN)CC2)C1. The Bertz CT molecular complexity index is 407. The van der Waals surface area contributed by atoms with Crippen LogP contribution in [0.4, 0.5) is 0 Å². The lowest BCUT2D eigenvalue weighted by Crippen LogP contribution is -2.53. The van der Waals surface area contributed by atoms with Crippen LogP contribution in [-0.2, 0) is 9.59 Å². The number of nitrogens with one attached hydrogen (secondary N) is 1. The number of carbonyl (C=O) groups is 2. The number of nitrogens with zero attached hydrogens (tertiary/aromatic N) is 2. The highest BCUT2D eigenvalue weighted by Crippen LogP contribution is 2.23. The molecular formula is C17H32N4O2. The quantitative estimate of drug-likeness (QED) is 0.768. The van der Waals surface area contributed by atoms with Crippen molar-refractivity contribution < 1.29 is 9.59 Å². The molecule has 1 aliphatic carbocycles. The van der Waals surface area contributed by atoms with E-state index in [2.05, 4.69) is 17.1 Å². The highest BCUT2D eigenvalue weighted by Gasteiger charge is 2.26. The summed E-state index contributed by atoms with van der Waals surface area (Å²) in [7, 11) is 0. The van der Waals surface area contributed by atoms with E-state index in [1.165, 1.54) is 12.8 Å². The number of nitrogens with two attached hydrogens (primary N) is 1. The fraction of sp³-hybridized carbons (Fsp3) is 0.882. The van der Waals surface area contributed by atoms with Crippen LogP contribution in [0.2, 0.25) is 0 Å². The zero-order valence-electron chi connectivity index (χ0n) is 14.6. The van der Waals surface area contributed by atoms with Crippen LogP contribution in [0.5, 0.6) is 0 Å². The second kappa shape index (κ2) is 8.64. The molecular weight excluding hydrogens is 292 g/mol. The number of hydrogen-bond donors (Lipinski definition) is 2. The normalized spacial score (nSPS) is 27.5. The Kier molecular flexibility index (Phi) is 6.84. The molecule has 2 rings (SSSR count). The maximum Gasteiger partial charge on any atom is 0.234 e. The number of piperazine rings is 1. The molecule has 3 unspecified atom stereocenters. The van der Waals surface area contributed by atoms with Crippen LogP contribution in [0, 0.1) is 11.8 Å². The maximum absolute atomic E-state index is 12.2. The number of carbonyl (C=O) groups excluding carboxylic acids is 2. The molecule has 0 aromatic heterocycles. The molecule has 6 heteroatoms. The van der Waals surface area contributed by atoms with E-state index in [1.807, 2.05) is 11.8 Å². The largest absolute Gasteiger partial charge is 0.352 e. The van der Waals surface area contributed by atoms with E-state index in [0.29, 0.717) is 38.1 Å². The van der Waals surface area contributed by atoms with Gasteiger partial charge in [0.1, 0.15) is 0 Å². The first-order chi connectivity index (χ1) is 11.0. The van der Waals surface area contributed by atoms with E-state index in [1.54, 1.807) is 0 Å². The summed E-state index contributed by atoms with van der Waals surface area (Å²) in [6, 6.07) is 0.347. The Hall–Kier alpha value is -1.14. The van der Waals surface area contributed by atoms with E-state index < -0.39 is 0 Å². The van der Waals surface area contributed by atoms with E-state index >= 15 is 0 Å². The van der Waals surface area contributed by atoms with Gasteiger partial charge in [0.25, 0.3) is 0 Å². The van der Waals surface area contributed by atoms with Crippen LogP contribution < -0.4 is 11.1 Å². The predicted octanol–water partition coefficient (Wildman–Crippen LogP) is 0.420. The molecule has 3 atom stereocenters. The molecule has 3 N–H and O–H groups in total. The van der Waals surface area contributed by atoms with Crippen molar-refractivity contribution in [1.82, 2.24) is 15.1 Å². The molecule has 0 aromatic rings. The Morgan fingerprint density at radius 1 is 1.22 bits per heavy atom. The van der Waals surface area contributed by atoms with Crippen molar-refractivity contribution in [2.75, 3.05) is 39.3 Å².